The van der Waals surface area contributed by atoms with Gasteiger partial charge in [0, 0.05) is 13.7 Å². The van der Waals surface area contributed by atoms with Crippen molar-refractivity contribution >= 4 is 17.7 Å². The van der Waals surface area contributed by atoms with Crippen LogP contribution in [0.25, 0.3) is 0 Å². The predicted molar refractivity (Wildman–Crippen MR) is 60.2 cm³/mol. The summed E-state index contributed by atoms with van der Waals surface area (Å²) in [5.74, 6) is -8.62. The first kappa shape index (κ1) is 17.6. The molecule has 1 rings (SSSR count). The molecule has 0 saturated carbocycles. The molecule has 6 nitrogen and oxygen atoms in total. The van der Waals surface area contributed by atoms with Crippen LogP contribution in [0.1, 0.15) is 5.82 Å². The zero-order chi connectivity index (χ0) is 16.3. The third kappa shape index (κ3) is 4.03. The molecule has 12 heteroatoms. The lowest BCUT2D eigenvalue weighted by molar-refractivity contribution is -0.293. The lowest BCUT2D eigenvalue weighted by Crippen LogP contribution is -2.37. The van der Waals surface area contributed by atoms with Gasteiger partial charge in [0.15, 0.2) is 5.16 Å². The molecule has 0 radical (unpaired) electrons. The second-order valence-electron chi connectivity index (χ2n) is 3.71. The van der Waals surface area contributed by atoms with Gasteiger partial charge >= 0.3 is 18.1 Å². The van der Waals surface area contributed by atoms with Gasteiger partial charge in [-0.15, -0.1) is 10.2 Å². The number of aromatic nitrogens is 3. The highest BCUT2D eigenvalue weighted by Crippen LogP contribution is 2.43. The molecule has 0 aliphatic heterocycles. The number of thioether (sulfide) groups is 1. The highest BCUT2D eigenvalue weighted by atomic mass is 32.2. The van der Waals surface area contributed by atoms with E-state index in [1.807, 2.05) is 0 Å². The van der Waals surface area contributed by atoms with Crippen molar-refractivity contribution in [3.63, 3.8) is 0 Å². The van der Waals surface area contributed by atoms with Crippen LogP contribution in [0.4, 0.5) is 22.0 Å². The van der Waals surface area contributed by atoms with Gasteiger partial charge in [0.05, 0.1) is 12.4 Å². The van der Waals surface area contributed by atoms with Gasteiger partial charge in [-0.05, 0) is 0 Å². The maximum atomic E-state index is 13.3. The van der Waals surface area contributed by atoms with Gasteiger partial charge in [0.2, 0.25) is 5.82 Å². The molecule has 1 aromatic heterocycles. The Labute approximate surface area is 119 Å². The van der Waals surface area contributed by atoms with Gasteiger partial charge in [-0.2, -0.15) is 22.0 Å². The van der Waals surface area contributed by atoms with Gasteiger partial charge in [0.25, 0.3) is 0 Å². The minimum atomic E-state index is -5.83. The van der Waals surface area contributed by atoms with E-state index in [0.29, 0.717) is 16.3 Å². The molecular weight excluding hydrogens is 325 g/mol. The summed E-state index contributed by atoms with van der Waals surface area (Å²) in [6.07, 6.45) is -5.83. The van der Waals surface area contributed by atoms with Crippen LogP contribution in [0.5, 0.6) is 0 Å². The van der Waals surface area contributed by atoms with E-state index < -0.39 is 29.6 Å². The molecule has 0 fully saturated rings. The zero-order valence-electron chi connectivity index (χ0n) is 10.5. The standard InChI is InChI=1S/C9H10F5N3O3S/c1-20-3-2-17-6(8(10,11)9(12,13)14)15-16-7(17)21-4-5(18)19/h2-4H2,1H3,(H,18,19). The van der Waals surface area contributed by atoms with Crippen LogP contribution in [-0.4, -0.2) is 51.5 Å². The van der Waals surface area contributed by atoms with Crippen LogP contribution in [-0.2, 0) is 22.0 Å². The van der Waals surface area contributed by atoms with Gasteiger partial charge < -0.3 is 9.84 Å². The second-order valence-corrected chi connectivity index (χ2v) is 4.65. The van der Waals surface area contributed by atoms with Crippen molar-refractivity contribution in [1.82, 2.24) is 14.8 Å². The summed E-state index contributed by atoms with van der Waals surface area (Å²) in [4.78, 5) is 10.4. The lowest BCUT2D eigenvalue weighted by Gasteiger charge is -2.19. The maximum absolute atomic E-state index is 13.3. The Hall–Kier alpha value is -1.43. The SMILES string of the molecule is COCCn1c(SCC(=O)O)nnc1C(F)(F)C(F)(F)F. The van der Waals surface area contributed by atoms with Crippen molar-refractivity contribution in [3.8, 4) is 0 Å². The van der Waals surface area contributed by atoms with E-state index in [9.17, 15) is 26.7 Å². The van der Waals surface area contributed by atoms with Gasteiger partial charge in [-0.3, -0.25) is 9.36 Å². The molecular formula is C9H10F5N3O3S. The molecule has 1 aromatic rings. The van der Waals surface area contributed by atoms with Crippen molar-refractivity contribution < 1.29 is 36.6 Å². The number of carbonyl (C=O) groups is 1. The average Bonchev–Trinajstić information content (AvgIpc) is 2.75. The number of nitrogens with zero attached hydrogens (tertiary/aromatic N) is 3. The number of aliphatic carboxylic acids is 1. The van der Waals surface area contributed by atoms with E-state index in [2.05, 4.69) is 14.9 Å². The van der Waals surface area contributed by atoms with Gasteiger partial charge in [-0.1, -0.05) is 11.8 Å². The Bertz CT molecular complexity index is 505. The van der Waals surface area contributed by atoms with E-state index in [0.717, 1.165) is 0 Å². The normalized spacial score (nSPS) is 12.7. The number of hydrogen-bond acceptors (Lipinski definition) is 5. The number of methoxy groups -OCH3 is 1. The number of carboxylic acid groups (broad SMARTS) is 1. The summed E-state index contributed by atoms with van der Waals surface area (Å²) in [7, 11) is 1.23. The highest BCUT2D eigenvalue weighted by molar-refractivity contribution is 7.99. The molecule has 1 heterocycles. The first-order chi connectivity index (χ1) is 9.61. The van der Waals surface area contributed by atoms with Crippen molar-refractivity contribution in [2.45, 2.75) is 23.8 Å². The third-order valence-corrected chi connectivity index (χ3v) is 3.15. The molecule has 0 spiro atoms. The van der Waals surface area contributed by atoms with Gasteiger partial charge in [-0.25, -0.2) is 0 Å². The quantitative estimate of drug-likeness (QED) is 0.604. The molecule has 0 saturated heterocycles. The summed E-state index contributed by atoms with van der Waals surface area (Å²) in [6, 6.07) is 0. The van der Waals surface area contributed by atoms with Crippen molar-refractivity contribution in [3.05, 3.63) is 5.82 Å². The van der Waals surface area contributed by atoms with E-state index >= 15 is 0 Å². The molecule has 0 bridgehead atoms. The Morgan fingerprint density at radius 2 is 1.95 bits per heavy atom. The Morgan fingerprint density at radius 3 is 2.43 bits per heavy atom. The zero-order valence-corrected chi connectivity index (χ0v) is 11.3. The Balaban J connectivity index is 3.17. The number of halogens is 5. The first-order valence-corrected chi connectivity index (χ1v) is 6.31. The Morgan fingerprint density at radius 1 is 1.33 bits per heavy atom. The summed E-state index contributed by atoms with van der Waals surface area (Å²) in [5, 5.41) is 14.2. The largest absolute Gasteiger partial charge is 0.481 e. The van der Waals surface area contributed by atoms with Crippen LogP contribution in [0.2, 0.25) is 0 Å². The minimum absolute atomic E-state index is 0.167. The number of carboxylic acids is 1. The smallest absolute Gasteiger partial charge is 0.461 e. The molecule has 21 heavy (non-hydrogen) atoms. The molecule has 0 aromatic carbocycles. The monoisotopic (exact) mass is 335 g/mol. The van der Waals surface area contributed by atoms with Crippen molar-refractivity contribution in [2.75, 3.05) is 19.5 Å². The molecule has 120 valence electrons. The third-order valence-electron chi connectivity index (χ3n) is 2.20. The highest BCUT2D eigenvalue weighted by Gasteiger charge is 2.62. The maximum Gasteiger partial charge on any atom is 0.461 e. The molecule has 1 N–H and O–H groups in total. The van der Waals surface area contributed by atoms with E-state index in [4.69, 9.17) is 5.11 Å². The number of hydrogen-bond donors (Lipinski definition) is 1. The molecule has 0 amide bonds. The summed E-state index contributed by atoms with van der Waals surface area (Å²) < 4.78 is 69.0. The summed E-state index contributed by atoms with van der Waals surface area (Å²) >= 11 is 0.487. The second kappa shape index (κ2) is 6.56. The first-order valence-electron chi connectivity index (χ1n) is 5.33. The predicted octanol–water partition coefficient (Wildman–Crippen LogP) is 1.76. The van der Waals surface area contributed by atoms with Crippen molar-refractivity contribution in [1.29, 1.82) is 0 Å². The van der Waals surface area contributed by atoms with E-state index in [-0.39, 0.29) is 18.3 Å². The van der Waals surface area contributed by atoms with E-state index in [1.54, 1.807) is 0 Å². The van der Waals surface area contributed by atoms with E-state index in [1.165, 1.54) is 7.11 Å². The van der Waals surface area contributed by atoms with Crippen LogP contribution in [0, 0.1) is 0 Å². The van der Waals surface area contributed by atoms with Crippen molar-refractivity contribution in [2.24, 2.45) is 0 Å². The topological polar surface area (TPSA) is 77.2 Å². The summed E-state index contributed by atoms with van der Waals surface area (Å²) in [6.45, 7) is -0.536. The fourth-order valence-corrected chi connectivity index (χ4v) is 1.95. The molecule has 0 unspecified atom stereocenters. The van der Waals surface area contributed by atoms with Crippen LogP contribution >= 0.6 is 11.8 Å². The summed E-state index contributed by atoms with van der Waals surface area (Å²) in [5.41, 5.74) is 0. The number of ether oxygens (including phenoxy) is 1. The van der Waals surface area contributed by atoms with Crippen LogP contribution < -0.4 is 0 Å². The number of rotatable bonds is 7. The average molecular weight is 335 g/mol. The Kier molecular flexibility index (Phi) is 5.50. The molecule has 0 aliphatic rings. The number of alkyl halides is 5. The fourth-order valence-electron chi connectivity index (χ4n) is 1.26. The minimum Gasteiger partial charge on any atom is -0.481 e. The fraction of sp³-hybridized carbons (Fsp3) is 0.667. The molecule has 0 atom stereocenters. The lowest BCUT2D eigenvalue weighted by atomic mass is 10.3. The van der Waals surface area contributed by atoms with Crippen LogP contribution in [0.3, 0.4) is 0 Å². The van der Waals surface area contributed by atoms with Crippen LogP contribution in [0.15, 0.2) is 5.16 Å². The molecule has 0 aliphatic carbocycles. The van der Waals surface area contributed by atoms with Gasteiger partial charge in [0.1, 0.15) is 0 Å².